The molecule has 4 aliphatic rings. The van der Waals surface area contributed by atoms with Crippen molar-refractivity contribution in [3.8, 4) is 11.1 Å². The lowest BCUT2D eigenvalue weighted by Gasteiger charge is -2.45. The Morgan fingerprint density at radius 2 is 1.68 bits per heavy atom. The molecule has 3 heteroatoms. The predicted octanol–water partition coefficient (Wildman–Crippen LogP) is 11.6. The van der Waals surface area contributed by atoms with Gasteiger partial charge in [-0.15, -0.1) is 0 Å². The highest BCUT2D eigenvalue weighted by Crippen LogP contribution is 2.57. The summed E-state index contributed by atoms with van der Waals surface area (Å²) in [7, 11) is 7.42. The van der Waals surface area contributed by atoms with Gasteiger partial charge in [0.15, 0.2) is 0 Å². The smallest absolute Gasteiger partial charge is 0.117 e. The molecule has 2 radical (unpaired) electrons. The predicted molar refractivity (Wildman–Crippen MR) is 214 cm³/mol. The average Bonchev–Trinajstić information content (AvgIpc) is 3.56. The Kier molecular flexibility index (Phi) is 8.61. The Morgan fingerprint density at radius 1 is 0.860 bits per heavy atom. The Hall–Kier alpha value is -5.02. The van der Waals surface area contributed by atoms with Crippen molar-refractivity contribution < 1.29 is 0 Å². The minimum atomic E-state index is -0.406. The summed E-state index contributed by atoms with van der Waals surface area (Å²) in [6, 6.07) is 31.4. The van der Waals surface area contributed by atoms with Crippen LogP contribution in [-0.4, -0.2) is 7.85 Å². The maximum absolute atomic E-state index is 7.42. The molecule has 50 heavy (non-hydrogen) atoms. The number of para-hydroxylation sites is 2. The lowest BCUT2D eigenvalue weighted by atomic mass is 9.60. The van der Waals surface area contributed by atoms with Gasteiger partial charge >= 0.3 is 0 Å². The molecule has 0 spiro atoms. The molecule has 0 amide bonds. The Labute approximate surface area is 299 Å². The first-order valence-electron chi connectivity index (χ1n) is 18.3. The van der Waals surface area contributed by atoms with E-state index in [0.29, 0.717) is 0 Å². The van der Waals surface area contributed by atoms with Gasteiger partial charge in [-0.05, 0) is 105 Å². The van der Waals surface area contributed by atoms with Crippen molar-refractivity contribution in [1.29, 1.82) is 0 Å². The normalized spacial score (nSPS) is 19.3. The lowest BCUT2D eigenvalue weighted by Crippen LogP contribution is -2.37. The zero-order chi connectivity index (χ0) is 34.2. The molecule has 8 rings (SSSR count). The van der Waals surface area contributed by atoms with Crippen molar-refractivity contribution in [2.24, 2.45) is 0 Å². The molecule has 2 nitrogen and oxygen atoms in total. The molecule has 0 aromatic heterocycles. The van der Waals surface area contributed by atoms with Crippen molar-refractivity contribution >= 4 is 30.4 Å². The van der Waals surface area contributed by atoms with E-state index in [0.717, 1.165) is 77.9 Å². The van der Waals surface area contributed by atoms with E-state index >= 15 is 0 Å². The van der Waals surface area contributed by atoms with E-state index in [1.54, 1.807) is 0 Å². The van der Waals surface area contributed by atoms with Crippen molar-refractivity contribution in [3.05, 3.63) is 178 Å². The van der Waals surface area contributed by atoms with Gasteiger partial charge in [0.05, 0.1) is 11.1 Å². The fourth-order valence-corrected chi connectivity index (χ4v) is 8.82. The molecule has 4 aromatic carbocycles. The van der Waals surface area contributed by atoms with Crippen LogP contribution in [0.1, 0.15) is 80.5 Å². The fraction of sp³-hybridized carbons (Fsp3) is 0.234. The fourth-order valence-electron chi connectivity index (χ4n) is 8.82. The molecule has 0 saturated heterocycles. The molecule has 246 valence electrons. The van der Waals surface area contributed by atoms with Crippen molar-refractivity contribution in [3.63, 3.8) is 0 Å². The standard InChI is InChI=1S/C47H45BN2/c1-32-29-40(45(48)44(30-32)50(38-23-11-6-12-24-38)34(3)31-35-18-15-17-33(35)2)39-25-16-27-42-46(39)49-43-28-14-13-26-41(43)47(42,36-19-7-4-8-20-36)37-21-9-5-10-22-37/h4,6-8,11,13-17,19-21,23,25-30,49H,3,5,9-10,12,18,22,24,31H2,1-2H3. The Balaban J connectivity index is 1.34. The van der Waals surface area contributed by atoms with E-state index in [1.807, 2.05) is 0 Å². The number of fused-ring (bicyclic) bond motifs is 2. The number of rotatable bonds is 8. The minimum Gasteiger partial charge on any atom is -0.354 e. The lowest BCUT2D eigenvalue weighted by molar-refractivity contribution is 0.603. The SMILES string of the molecule is [B]c1c(-c2cccc3c2Nc2ccccc2C3(C2=CCCCC2)c2ccccc2)cc(C)cc1N(C(=C)CC1=C(C)C=CC1)C1=CC=CCC1. The van der Waals surface area contributed by atoms with E-state index in [4.69, 9.17) is 14.4 Å². The molecule has 1 unspecified atom stereocenters. The molecule has 0 saturated carbocycles. The van der Waals surface area contributed by atoms with E-state index in [-0.39, 0.29) is 0 Å². The van der Waals surface area contributed by atoms with E-state index in [1.165, 1.54) is 57.5 Å². The van der Waals surface area contributed by atoms with Crippen molar-refractivity contribution in [1.82, 2.24) is 0 Å². The number of aryl methyl sites for hydroxylation is 1. The van der Waals surface area contributed by atoms with Gasteiger partial charge in [0.1, 0.15) is 7.85 Å². The third-order valence-electron chi connectivity index (χ3n) is 11.2. The van der Waals surface area contributed by atoms with Crippen LogP contribution >= 0.6 is 0 Å². The van der Waals surface area contributed by atoms with Crippen LogP contribution in [0.4, 0.5) is 17.1 Å². The van der Waals surface area contributed by atoms with Gasteiger partial charge in [-0.3, -0.25) is 0 Å². The van der Waals surface area contributed by atoms with Crippen LogP contribution in [0.3, 0.4) is 0 Å². The van der Waals surface area contributed by atoms with Crippen LogP contribution in [0.25, 0.3) is 11.1 Å². The maximum Gasteiger partial charge on any atom is 0.117 e. The topological polar surface area (TPSA) is 15.3 Å². The van der Waals surface area contributed by atoms with Gasteiger partial charge in [-0.25, -0.2) is 0 Å². The number of hydrogen-bond acceptors (Lipinski definition) is 2. The molecule has 0 fully saturated rings. The first kappa shape index (κ1) is 32.2. The summed E-state index contributed by atoms with van der Waals surface area (Å²) in [6.45, 7) is 9.10. The second-order valence-corrected chi connectivity index (χ2v) is 14.3. The first-order chi connectivity index (χ1) is 24.5. The average molecular weight is 649 g/mol. The minimum absolute atomic E-state index is 0.406. The highest BCUT2D eigenvalue weighted by Gasteiger charge is 2.46. The summed E-state index contributed by atoms with van der Waals surface area (Å²) in [5, 5.41) is 3.96. The summed E-state index contributed by atoms with van der Waals surface area (Å²) < 4.78 is 0. The quantitative estimate of drug-likeness (QED) is 0.151. The van der Waals surface area contributed by atoms with Crippen LogP contribution < -0.4 is 15.7 Å². The number of nitrogens with one attached hydrogen (secondary N) is 1. The summed E-state index contributed by atoms with van der Waals surface area (Å²) in [6.07, 6.45) is 22.1. The number of allylic oxidation sites excluding steroid dienone is 10. The molecule has 0 bridgehead atoms. The number of hydrogen-bond donors (Lipinski definition) is 1. The highest BCUT2D eigenvalue weighted by atomic mass is 15.2. The zero-order valence-electron chi connectivity index (χ0n) is 29.4. The third-order valence-corrected chi connectivity index (χ3v) is 11.2. The monoisotopic (exact) mass is 648 g/mol. The maximum atomic E-state index is 7.42. The summed E-state index contributed by atoms with van der Waals surface area (Å²) in [5.74, 6) is 0. The Bertz CT molecular complexity index is 2140. The van der Waals surface area contributed by atoms with Gasteiger partial charge < -0.3 is 10.2 Å². The molecular formula is C47H45BN2. The zero-order valence-corrected chi connectivity index (χ0v) is 29.4. The highest BCUT2D eigenvalue weighted by molar-refractivity contribution is 6.40. The second kappa shape index (κ2) is 13.4. The van der Waals surface area contributed by atoms with E-state index < -0.39 is 5.41 Å². The molecule has 1 aliphatic heterocycles. The van der Waals surface area contributed by atoms with Crippen LogP contribution in [0.15, 0.2) is 156 Å². The van der Waals surface area contributed by atoms with Gasteiger partial charge in [-0.1, -0.05) is 132 Å². The molecule has 1 N–H and O–H groups in total. The van der Waals surface area contributed by atoms with Crippen LogP contribution in [0.5, 0.6) is 0 Å². The molecule has 3 aliphatic carbocycles. The van der Waals surface area contributed by atoms with Crippen molar-refractivity contribution in [2.45, 2.75) is 70.6 Å². The van der Waals surface area contributed by atoms with Gasteiger partial charge in [0.25, 0.3) is 0 Å². The van der Waals surface area contributed by atoms with E-state index in [9.17, 15) is 0 Å². The number of nitrogens with zero attached hydrogens (tertiary/aromatic N) is 1. The number of anilines is 3. The summed E-state index contributed by atoms with van der Waals surface area (Å²) in [5.41, 5.74) is 17.5. The summed E-state index contributed by atoms with van der Waals surface area (Å²) >= 11 is 0. The Morgan fingerprint density at radius 3 is 2.44 bits per heavy atom. The van der Waals surface area contributed by atoms with Crippen LogP contribution in [-0.2, 0) is 5.41 Å². The molecular weight excluding hydrogens is 603 g/mol. The van der Waals surface area contributed by atoms with Gasteiger partial charge in [-0.2, -0.15) is 0 Å². The third kappa shape index (κ3) is 5.44. The molecule has 1 atom stereocenters. The molecule has 4 aromatic rings. The molecule has 1 heterocycles. The summed E-state index contributed by atoms with van der Waals surface area (Å²) in [4.78, 5) is 2.35. The van der Waals surface area contributed by atoms with E-state index in [2.05, 4.69) is 145 Å². The van der Waals surface area contributed by atoms with Crippen LogP contribution in [0, 0.1) is 6.92 Å². The number of benzene rings is 4. The van der Waals surface area contributed by atoms with Crippen molar-refractivity contribution in [2.75, 3.05) is 10.2 Å². The second-order valence-electron chi connectivity index (χ2n) is 14.3. The largest absolute Gasteiger partial charge is 0.354 e. The van der Waals surface area contributed by atoms with Crippen LogP contribution in [0.2, 0.25) is 0 Å². The first-order valence-corrected chi connectivity index (χ1v) is 18.3. The van der Waals surface area contributed by atoms with Gasteiger partial charge in [0.2, 0.25) is 0 Å². The van der Waals surface area contributed by atoms with Gasteiger partial charge in [0, 0.05) is 34.8 Å².